The molecule has 2 aliphatic rings. The van der Waals surface area contributed by atoms with E-state index < -0.39 is 12.1 Å². The summed E-state index contributed by atoms with van der Waals surface area (Å²) in [7, 11) is 0. The van der Waals surface area contributed by atoms with Crippen molar-refractivity contribution >= 4 is 22.8 Å². The summed E-state index contributed by atoms with van der Waals surface area (Å²) in [6.45, 7) is 1.66. The third-order valence-electron chi connectivity index (χ3n) is 6.23. The highest BCUT2D eigenvalue weighted by atomic mass is 16.5. The van der Waals surface area contributed by atoms with Crippen molar-refractivity contribution in [3.8, 4) is 0 Å². The minimum atomic E-state index is -0.808. The smallest absolute Gasteiger partial charge is 0.339 e. The Kier molecular flexibility index (Phi) is 6.12. The third kappa shape index (κ3) is 4.44. The van der Waals surface area contributed by atoms with Gasteiger partial charge in [0.1, 0.15) is 0 Å². The largest absolute Gasteiger partial charge is 0.449 e. The summed E-state index contributed by atoms with van der Waals surface area (Å²) in [6.07, 6.45) is 9.74. The van der Waals surface area contributed by atoms with Crippen LogP contribution in [0.2, 0.25) is 0 Å². The van der Waals surface area contributed by atoms with Crippen LogP contribution >= 0.6 is 0 Å². The molecule has 1 fully saturated rings. The second-order valence-corrected chi connectivity index (χ2v) is 8.38. The van der Waals surface area contributed by atoms with Gasteiger partial charge in [0, 0.05) is 17.1 Å². The van der Waals surface area contributed by atoms with E-state index in [1.807, 2.05) is 24.3 Å². The van der Waals surface area contributed by atoms with Crippen LogP contribution in [0.15, 0.2) is 24.3 Å². The van der Waals surface area contributed by atoms with Gasteiger partial charge in [-0.1, -0.05) is 43.9 Å². The van der Waals surface area contributed by atoms with E-state index in [9.17, 15) is 9.59 Å². The Balaban J connectivity index is 1.57. The molecule has 154 valence electrons. The molecule has 1 saturated carbocycles. The molecule has 1 atom stereocenters. The fraction of sp³-hybridized carbons (Fsp3) is 0.542. The van der Waals surface area contributed by atoms with Crippen molar-refractivity contribution in [3.05, 3.63) is 41.1 Å². The first-order valence-electron chi connectivity index (χ1n) is 11.1. The Bertz CT molecular complexity index is 902. The van der Waals surface area contributed by atoms with E-state index in [4.69, 9.17) is 9.72 Å². The Hall–Kier alpha value is -2.43. The zero-order chi connectivity index (χ0) is 20.2. The number of nitrogens with one attached hydrogen (secondary N) is 1. The van der Waals surface area contributed by atoms with Gasteiger partial charge in [-0.05, 0) is 57.1 Å². The minimum Gasteiger partial charge on any atom is -0.449 e. The van der Waals surface area contributed by atoms with E-state index in [0.29, 0.717) is 5.56 Å². The van der Waals surface area contributed by atoms with E-state index in [-0.39, 0.29) is 11.9 Å². The van der Waals surface area contributed by atoms with E-state index in [1.165, 1.54) is 6.42 Å². The van der Waals surface area contributed by atoms with Crippen LogP contribution in [0.5, 0.6) is 0 Å². The Labute approximate surface area is 172 Å². The fourth-order valence-electron chi connectivity index (χ4n) is 4.62. The number of carbonyl (C=O) groups excluding carboxylic acids is 2. The standard InChI is InChI=1S/C24H30N2O3/c1-16(23(27)25-17-10-4-2-5-11-17)29-24(28)22-18-12-6-3-7-14-20(18)26-21-15-9-8-13-19(21)22/h8-9,13,15-17H,2-7,10-12,14H2,1H3,(H,25,27)/t16-/m1/s1. The van der Waals surface area contributed by atoms with E-state index >= 15 is 0 Å². The molecule has 4 rings (SSSR count). The number of amides is 1. The topological polar surface area (TPSA) is 68.3 Å². The van der Waals surface area contributed by atoms with Crippen LogP contribution in [0.1, 0.15) is 79.9 Å². The molecule has 2 aromatic rings. The molecule has 1 heterocycles. The number of aryl methyl sites for hydroxylation is 1. The van der Waals surface area contributed by atoms with Gasteiger partial charge in [-0.15, -0.1) is 0 Å². The summed E-state index contributed by atoms with van der Waals surface area (Å²) in [4.78, 5) is 30.6. The van der Waals surface area contributed by atoms with Crippen LogP contribution in [-0.2, 0) is 22.4 Å². The van der Waals surface area contributed by atoms with E-state index in [2.05, 4.69) is 5.32 Å². The molecule has 0 bridgehead atoms. The van der Waals surface area contributed by atoms with Crippen LogP contribution in [0, 0.1) is 0 Å². The summed E-state index contributed by atoms with van der Waals surface area (Å²) in [5.41, 5.74) is 3.43. The van der Waals surface area contributed by atoms with Gasteiger partial charge in [-0.2, -0.15) is 0 Å². The summed E-state index contributed by atoms with van der Waals surface area (Å²) < 4.78 is 5.68. The number of pyridine rings is 1. The fourth-order valence-corrected chi connectivity index (χ4v) is 4.62. The van der Waals surface area contributed by atoms with Crippen LogP contribution in [0.25, 0.3) is 10.9 Å². The summed E-state index contributed by atoms with van der Waals surface area (Å²) in [5, 5.41) is 3.87. The van der Waals surface area contributed by atoms with Crippen molar-refractivity contribution in [2.45, 2.75) is 83.3 Å². The van der Waals surface area contributed by atoms with Crippen LogP contribution in [0.4, 0.5) is 0 Å². The van der Waals surface area contributed by atoms with Crippen molar-refractivity contribution in [2.75, 3.05) is 0 Å². The lowest BCUT2D eigenvalue weighted by Crippen LogP contribution is -2.42. The van der Waals surface area contributed by atoms with Gasteiger partial charge in [0.05, 0.1) is 11.1 Å². The van der Waals surface area contributed by atoms with Gasteiger partial charge in [0.25, 0.3) is 5.91 Å². The molecule has 0 spiro atoms. The minimum absolute atomic E-state index is 0.199. The van der Waals surface area contributed by atoms with Gasteiger partial charge in [0.2, 0.25) is 0 Å². The summed E-state index contributed by atoms with van der Waals surface area (Å²) in [5.74, 6) is -0.609. The maximum atomic E-state index is 13.2. The highest BCUT2D eigenvalue weighted by Crippen LogP contribution is 2.29. The molecule has 1 aromatic heterocycles. The van der Waals surface area contributed by atoms with Crippen molar-refractivity contribution in [3.63, 3.8) is 0 Å². The predicted octanol–water partition coefficient (Wildman–Crippen LogP) is 4.50. The first-order chi connectivity index (χ1) is 14.1. The van der Waals surface area contributed by atoms with Crippen LogP contribution in [0.3, 0.4) is 0 Å². The Morgan fingerprint density at radius 3 is 2.59 bits per heavy atom. The van der Waals surface area contributed by atoms with Crippen molar-refractivity contribution in [2.24, 2.45) is 0 Å². The molecular weight excluding hydrogens is 364 g/mol. The molecule has 0 aliphatic heterocycles. The lowest BCUT2D eigenvalue weighted by atomic mass is 9.95. The lowest BCUT2D eigenvalue weighted by Gasteiger charge is -2.24. The zero-order valence-electron chi connectivity index (χ0n) is 17.2. The number of hydrogen-bond donors (Lipinski definition) is 1. The number of para-hydroxylation sites is 1. The monoisotopic (exact) mass is 394 g/mol. The van der Waals surface area contributed by atoms with Crippen molar-refractivity contribution < 1.29 is 14.3 Å². The number of aromatic nitrogens is 1. The molecule has 0 unspecified atom stereocenters. The number of nitrogens with zero attached hydrogens (tertiary/aromatic N) is 1. The zero-order valence-corrected chi connectivity index (χ0v) is 17.2. The molecule has 0 saturated heterocycles. The normalized spacial score (nSPS) is 18.5. The highest BCUT2D eigenvalue weighted by molar-refractivity contribution is 6.05. The van der Waals surface area contributed by atoms with Crippen LogP contribution in [-0.4, -0.2) is 29.0 Å². The summed E-state index contributed by atoms with van der Waals surface area (Å²) >= 11 is 0. The molecule has 0 radical (unpaired) electrons. The van der Waals surface area contributed by atoms with Gasteiger partial charge in [-0.3, -0.25) is 9.78 Å². The number of rotatable bonds is 4. The number of esters is 1. The van der Waals surface area contributed by atoms with E-state index in [0.717, 1.165) is 79.9 Å². The molecule has 2 aliphatic carbocycles. The Morgan fingerprint density at radius 2 is 1.76 bits per heavy atom. The first kappa shape index (κ1) is 19.9. The molecule has 5 heteroatoms. The highest BCUT2D eigenvalue weighted by Gasteiger charge is 2.27. The molecular formula is C24H30N2O3. The van der Waals surface area contributed by atoms with Crippen molar-refractivity contribution in [1.29, 1.82) is 0 Å². The van der Waals surface area contributed by atoms with Crippen LogP contribution < -0.4 is 5.32 Å². The maximum Gasteiger partial charge on any atom is 0.339 e. The summed E-state index contributed by atoms with van der Waals surface area (Å²) in [6, 6.07) is 7.93. The second-order valence-electron chi connectivity index (χ2n) is 8.38. The van der Waals surface area contributed by atoms with Gasteiger partial charge >= 0.3 is 5.97 Å². The number of benzene rings is 1. The van der Waals surface area contributed by atoms with Gasteiger partial charge in [-0.25, -0.2) is 4.79 Å². The number of hydrogen-bond acceptors (Lipinski definition) is 4. The first-order valence-corrected chi connectivity index (χ1v) is 11.1. The second kappa shape index (κ2) is 8.93. The third-order valence-corrected chi connectivity index (χ3v) is 6.23. The molecule has 1 aromatic carbocycles. The van der Waals surface area contributed by atoms with Gasteiger partial charge < -0.3 is 10.1 Å². The lowest BCUT2D eigenvalue weighted by molar-refractivity contribution is -0.130. The quantitative estimate of drug-likeness (QED) is 0.612. The van der Waals surface area contributed by atoms with E-state index in [1.54, 1.807) is 6.92 Å². The van der Waals surface area contributed by atoms with Crippen molar-refractivity contribution in [1.82, 2.24) is 10.3 Å². The maximum absolute atomic E-state index is 13.2. The average Bonchev–Trinajstić information content (AvgIpc) is 2.97. The Morgan fingerprint density at radius 1 is 1.03 bits per heavy atom. The molecule has 1 N–H and O–H groups in total. The average molecular weight is 395 g/mol. The predicted molar refractivity (Wildman–Crippen MR) is 113 cm³/mol. The van der Waals surface area contributed by atoms with Gasteiger partial charge in [0.15, 0.2) is 6.10 Å². The number of carbonyl (C=O) groups is 2. The SMILES string of the molecule is C[C@@H](OC(=O)c1c2c(nc3ccccc13)CCCCC2)C(=O)NC1CCCCC1. The molecule has 29 heavy (non-hydrogen) atoms. The molecule has 1 amide bonds. The number of ether oxygens (including phenoxy) is 1. The molecule has 5 nitrogen and oxygen atoms in total. The number of fused-ring (bicyclic) bond motifs is 2.